The average Bonchev–Trinajstić information content (AvgIpc) is 3.17. The first-order chi connectivity index (χ1) is 12.9. The largest absolute Gasteiger partial charge is 0.464 e. The number of ether oxygens (including phenoxy) is 1. The summed E-state index contributed by atoms with van der Waals surface area (Å²) in [6, 6.07) is 5.53. The van der Waals surface area contributed by atoms with Crippen molar-refractivity contribution in [1.29, 1.82) is 0 Å². The van der Waals surface area contributed by atoms with E-state index in [9.17, 15) is 14.4 Å². The van der Waals surface area contributed by atoms with Gasteiger partial charge in [-0.2, -0.15) is 0 Å². The second-order valence-corrected chi connectivity index (χ2v) is 6.86. The minimum absolute atomic E-state index is 0.0624. The van der Waals surface area contributed by atoms with Gasteiger partial charge in [-0.3, -0.25) is 9.69 Å². The summed E-state index contributed by atoms with van der Waals surface area (Å²) in [6.07, 6.45) is 1.26. The summed E-state index contributed by atoms with van der Waals surface area (Å²) in [5.74, 6) is -0.594. The van der Waals surface area contributed by atoms with Crippen molar-refractivity contribution in [2.24, 2.45) is 0 Å². The Hall–Kier alpha value is -2.87. The molecule has 0 saturated carbocycles. The minimum Gasteiger partial charge on any atom is -0.464 e. The molecule has 1 fully saturated rings. The highest BCUT2D eigenvalue weighted by Crippen LogP contribution is 2.25. The lowest BCUT2D eigenvalue weighted by Crippen LogP contribution is -2.32. The van der Waals surface area contributed by atoms with Crippen molar-refractivity contribution < 1.29 is 19.1 Å². The third-order valence-electron chi connectivity index (χ3n) is 4.73. The maximum Gasteiger partial charge on any atom is 0.354 e. The van der Waals surface area contributed by atoms with E-state index in [1.807, 2.05) is 32.3 Å². The number of carbonyl (C=O) groups is 3. The predicted molar refractivity (Wildman–Crippen MR) is 101 cm³/mol. The summed E-state index contributed by atoms with van der Waals surface area (Å²) >= 11 is 0. The molecule has 2 aromatic rings. The Kier molecular flexibility index (Phi) is 5.46. The molecule has 0 spiro atoms. The van der Waals surface area contributed by atoms with Crippen LogP contribution < -0.4 is 5.32 Å². The number of likely N-dealkylation sites (N-methyl/N-ethyl adjacent to an activating group) is 1. The molecule has 3 rings (SSSR count). The topological polar surface area (TPSA) is 94.7 Å². The van der Waals surface area contributed by atoms with Crippen LogP contribution in [-0.2, 0) is 22.4 Å². The Morgan fingerprint density at radius 1 is 1.26 bits per heavy atom. The number of rotatable bonds is 7. The molecule has 144 valence electrons. The lowest BCUT2D eigenvalue weighted by molar-refractivity contribution is -0.124. The number of amides is 3. The van der Waals surface area contributed by atoms with Gasteiger partial charge >= 0.3 is 12.0 Å². The van der Waals surface area contributed by atoms with E-state index in [4.69, 9.17) is 4.74 Å². The molecule has 8 nitrogen and oxygen atoms in total. The number of carbonyl (C=O) groups excluding carboxylic acids is 3. The van der Waals surface area contributed by atoms with E-state index in [0.717, 1.165) is 28.6 Å². The Bertz CT molecular complexity index is 871. The van der Waals surface area contributed by atoms with Gasteiger partial charge in [-0.15, -0.1) is 0 Å². The van der Waals surface area contributed by atoms with Crippen molar-refractivity contribution in [3.8, 4) is 0 Å². The van der Waals surface area contributed by atoms with E-state index in [1.54, 1.807) is 0 Å². The molecule has 27 heavy (non-hydrogen) atoms. The molecule has 0 radical (unpaired) electrons. The zero-order valence-electron chi connectivity index (χ0n) is 15.8. The number of urea groups is 1. The average molecular weight is 372 g/mol. The van der Waals surface area contributed by atoms with E-state index in [1.165, 1.54) is 12.0 Å². The van der Waals surface area contributed by atoms with Crippen LogP contribution >= 0.6 is 0 Å². The van der Waals surface area contributed by atoms with Gasteiger partial charge in [0.1, 0.15) is 5.69 Å². The Balaban J connectivity index is 1.88. The molecule has 1 saturated heterocycles. The summed E-state index contributed by atoms with van der Waals surface area (Å²) in [6.45, 7) is 1.19. The molecule has 1 aliphatic heterocycles. The van der Waals surface area contributed by atoms with Crippen LogP contribution in [0.25, 0.3) is 10.9 Å². The third kappa shape index (κ3) is 3.95. The van der Waals surface area contributed by atoms with Crippen LogP contribution in [0.3, 0.4) is 0 Å². The van der Waals surface area contributed by atoms with Crippen molar-refractivity contribution in [1.82, 2.24) is 20.1 Å². The first-order valence-corrected chi connectivity index (χ1v) is 8.85. The summed E-state index contributed by atoms with van der Waals surface area (Å²) in [5.41, 5.74) is 3.25. The molecule has 0 unspecified atom stereocenters. The van der Waals surface area contributed by atoms with Crippen LogP contribution in [0, 0.1) is 0 Å². The molecule has 1 aliphatic rings. The van der Waals surface area contributed by atoms with E-state index < -0.39 is 0 Å². The van der Waals surface area contributed by atoms with Crippen molar-refractivity contribution in [3.63, 3.8) is 0 Å². The number of methoxy groups -OCH3 is 1. The normalized spacial score (nSPS) is 14.3. The molecule has 2 N–H and O–H groups in total. The highest BCUT2D eigenvalue weighted by atomic mass is 16.5. The van der Waals surface area contributed by atoms with Gasteiger partial charge in [-0.05, 0) is 50.2 Å². The number of aromatic nitrogens is 1. The first kappa shape index (κ1) is 18.9. The first-order valence-electron chi connectivity index (χ1n) is 8.85. The van der Waals surface area contributed by atoms with E-state index in [2.05, 4.69) is 15.2 Å². The van der Waals surface area contributed by atoms with Crippen LogP contribution in [-0.4, -0.2) is 73.5 Å². The van der Waals surface area contributed by atoms with Gasteiger partial charge in [0.05, 0.1) is 13.7 Å². The molecular weight excluding hydrogens is 348 g/mol. The summed E-state index contributed by atoms with van der Waals surface area (Å²) in [4.78, 5) is 42.0. The molecule has 1 aromatic carbocycles. The SMILES string of the molecule is COC(=O)c1[nH]c2ccc(CCN3C(=O)CNC3=O)cc2c1CCN(C)C. The number of hydrogen-bond donors (Lipinski definition) is 2. The maximum absolute atomic E-state index is 12.1. The number of H-pyrrole nitrogens is 1. The van der Waals surface area contributed by atoms with Crippen LogP contribution in [0.15, 0.2) is 18.2 Å². The van der Waals surface area contributed by atoms with Gasteiger partial charge < -0.3 is 19.9 Å². The van der Waals surface area contributed by atoms with Crippen LogP contribution in [0.2, 0.25) is 0 Å². The molecule has 0 bridgehead atoms. The second kappa shape index (κ2) is 7.79. The monoisotopic (exact) mass is 372 g/mol. The second-order valence-electron chi connectivity index (χ2n) is 6.86. The maximum atomic E-state index is 12.1. The van der Waals surface area contributed by atoms with Gasteiger partial charge in [-0.25, -0.2) is 9.59 Å². The molecule has 3 amide bonds. The van der Waals surface area contributed by atoms with Gasteiger partial charge in [0.25, 0.3) is 0 Å². The van der Waals surface area contributed by atoms with E-state index in [-0.39, 0.29) is 24.5 Å². The van der Waals surface area contributed by atoms with Gasteiger partial charge in [0.2, 0.25) is 5.91 Å². The van der Waals surface area contributed by atoms with Gasteiger partial charge in [0, 0.05) is 24.0 Å². The van der Waals surface area contributed by atoms with Crippen LogP contribution in [0.5, 0.6) is 0 Å². The van der Waals surface area contributed by atoms with Crippen molar-refractivity contribution in [3.05, 3.63) is 35.0 Å². The zero-order chi connectivity index (χ0) is 19.6. The van der Waals surface area contributed by atoms with Crippen molar-refractivity contribution in [2.75, 3.05) is 40.8 Å². The Morgan fingerprint density at radius 2 is 2.04 bits per heavy atom. The third-order valence-corrected chi connectivity index (χ3v) is 4.73. The highest BCUT2D eigenvalue weighted by Gasteiger charge is 2.27. The number of esters is 1. The number of aromatic amines is 1. The summed E-state index contributed by atoms with van der Waals surface area (Å²) in [7, 11) is 5.33. The number of hydrogen-bond acceptors (Lipinski definition) is 5. The highest BCUT2D eigenvalue weighted by molar-refractivity contribution is 6.02. The van der Waals surface area contributed by atoms with Gasteiger partial charge in [0.15, 0.2) is 0 Å². The van der Waals surface area contributed by atoms with E-state index in [0.29, 0.717) is 25.1 Å². The molecular formula is C19H24N4O4. The Labute approximate surface area is 157 Å². The predicted octanol–water partition coefficient (Wildman–Crippen LogP) is 1.15. The molecule has 0 aliphatic carbocycles. The fourth-order valence-electron chi connectivity index (χ4n) is 3.24. The van der Waals surface area contributed by atoms with E-state index >= 15 is 0 Å². The molecule has 0 atom stereocenters. The molecule has 2 heterocycles. The molecule has 8 heteroatoms. The fourth-order valence-corrected chi connectivity index (χ4v) is 3.24. The lowest BCUT2D eigenvalue weighted by atomic mass is 10.0. The number of benzene rings is 1. The number of nitrogens with zero attached hydrogens (tertiary/aromatic N) is 2. The fraction of sp³-hybridized carbons (Fsp3) is 0.421. The standard InChI is InChI=1S/C19H24N4O4/c1-22(2)8-7-13-14-10-12(6-9-23-16(24)11-20-19(23)26)4-5-15(14)21-17(13)18(25)27-3/h4-5,10,21H,6-9,11H2,1-3H3,(H,20,26). The van der Waals surface area contributed by atoms with Gasteiger partial charge in [-0.1, -0.05) is 6.07 Å². The summed E-state index contributed by atoms with van der Waals surface area (Å²) in [5, 5.41) is 3.49. The van der Waals surface area contributed by atoms with Crippen LogP contribution in [0.4, 0.5) is 4.79 Å². The number of fused-ring (bicyclic) bond motifs is 1. The number of imide groups is 1. The van der Waals surface area contributed by atoms with Crippen molar-refractivity contribution >= 4 is 28.8 Å². The minimum atomic E-state index is -0.388. The van der Waals surface area contributed by atoms with Crippen LogP contribution in [0.1, 0.15) is 21.6 Å². The number of nitrogens with one attached hydrogen (secondary N) is 2. The quantitative estimate of drug-likeness (QED) is 0.562. The Morgan fingerprint density at radius 3 is 2.67 bits per heavy atom. The molecule has 1 aromatic heterocycles. The zero-order valence-corrected chi connectivity index (χ0v) is 15.8. The summed E-state index contributed by atoms with van der Waals surface area (Å²) < 4.78 is 4.91. The lowest BCUT2D eigenvalue weighted by Gasteiger charge is -2.12. The van der Waals surface area contributed by atoms with Crippen molar-refractivity contribution in [2.45, 2.75) is 12.8 Å². The smallest absolute Gasteiger partial charge is 0.354 e.